The smallest absolute Gasteiger partial charge is 0.414 e. The molecule has 0 saturated carbocycles. The normalized spacial score (nSPS) is 23.8. The molecule has 1 saturated heterocycles. The van der Waals surface area contributed by atoms with Crippen LogP contribution < -0.4 is 10.2 Å². The molecule has 1 unspecified atom stereocenters. The number of carbonyl (C=O) groups excluding carboxylic acids is 1. The summed E-state index contributed by atoms with van der Waals surface area (Å²) < 4.78 is 55.7. The highest BCUT2D eigenvalue weighted by Gasteiger charge is 2.33. The van der Waals surface area contributed by atoms with E-state index in [9.17, 15) is 17.8 Å². The number of benzene rings is 1. The molecule has 2 aromatic rings. The van der Waals surface area contributed by atoms with Gasteiger partial charge in [-0.15, -0.1) is 0 Å². The minimum absolute atomic E-state index is 0.0754. The van der Waals surface area contributed by atoms with E-state index in [1.807, 2.05) is 0 Å². The van der Waals surface area contributed by atoms with Gasteiger partial charge in [0.2, 0.25) is 0 Å². The zero-order valence-corrected chi connectivity index (χ0v) is 17.0. The molecule has 8 nitrogen and oxygen atoms in total. The largest absolute Gasteiger partial charge is 0.442 e. The lowest BCUT2D eigenvalue weighted by atomic mass is 10.0. The number of carbonyl (C=O) groups is 1. The number of anilines is 2. The number of halogens is 2. The van der Waals surface area contributed by atoms with E-state index >= 15 is 0 Å². The zero-order valence-electron chi connectivity index (χ0n) is 16.1. The average molecular weight is 438 g/mol. The van der Waals surface area contributed by atoms with Gasteiger partial charge in [0.05, 0.1) is 34.3 Å². The summed E-state index contributed by atoms with van der Waals surface area (Å²) >= 11 is 0. The van der Waals surface area contributed by atoms with Crippen molar-refractivity contribution in [2.75, 3.05) is 41.9 Å². The van der Waals surface area contributed by atoms with Gasteiger partial charge in [0, 0.05) is 24.4 Å². The number of rotatable bonds is 5. The van der Waals surface area contributed by atoms with Crippen molar-refractivity contribution in [1.82, 2.24) is 5.16 Å². The molecule has 2 aliphatic heterocycles. The maximum atomic E-state index is 14.8. The monoisotopic (exact) mass is 438 g/mol. The predicted molar refractivity (Wildman–Crippen MR) is 108 cm³/mol. The van der Waals surface area contributed by atoms with Crippen LogP contribution in [-0.4, -0.2) is 53.2 Å². The first-order valence-corrected chi connectivity index (χ1v) is 11.2. The minimum atomic E-state index is -2.33. The molecule has 1 N–H and O–H groups in total. The van der Waals surface area contributed by atoms with Gasteiger partial charge >= 0.3 is 6.09 Å². The van der Waals surface area contributed by atoms with Crippen LogP contribution in [0.2, 0.25) is 0 Å². The molecular formula is C19H20F2N4O4S. The molecule has 2 atom stereocenters. The molecule has 0 spiro atoms. The third-order valence-electron chi connectivity index (χ3n) is 5.10. The zero-order chi connectivity index (χ0) is 21.3. The van der Waals surface area contributed by atoms with Crippen molar-refractivity contribution in [3.8, 4) is 0 Å². The summed E-state index contributed by atoms with van der Waals surface area (Å²) in [5.74, 6) is -0.649. The lowest BCUT2D eigenvalue weighted by Gasteiger charge is -2.19. The average Bonchev–Trinajstić information content (AvgIpc) is 3.37. The Morgan fingerprint density at radius 1 is 1.37 bits per heavy atom. The highest BCUT2D eigenvalue weighted by molar-refractivity contribution is 7.93. The molecule has 1 amide bonds. The second-order valence-corrected chi connectivity index (χ2v) is 9.62. The Morgan fingerprint density at radius 3 is 2.73 bits per heavy atom. The Labute approximate surface area is 172 Å². The van der Waals surface area contributed by atoms with Crippen LogP contribution in [0.15, 0.2) is 39.4 Å². The lowest BCUT2D eigenvalue weighted by Crippen LogP contribution is -2.27. The first kappa shape index (κ1) is 20.3. The predicted octanol–water partition coefficient (Wildman–Crippen LogP) is 3.28. The van der Waals surface area contributed by atoms with E-state index in [1.54, 1.807) is 12.1 Å². The molecule has 160 valence electrons. The van der Waals surface area contributed by atoms with Gasteiger partial charge in [0.15, 0.2) is 5.82 Å². The minimum Gasteiger partial charge on any atom is -0.442 e. The molecule has 30 heavy (non-hydrogen) atoms. The van der Waals surface area contributed by atoms with E-state index < -0.39 is 33.6 Å². The Balaban J connectivity index is 1.50. The maximum absolute atomic E-state index is 14.8. The van der Waals surface area contributed by atoms with Gasteiger partial charge in [-0.2, -0.15) is 0 Å². The van der Waals surface area contributed by atoms with Crippen LogP contribution in [0.4, 0.5) is 25.1 Å². The van der Waals surface area contributed by atoms with Crippen LogP contribution in [0.1, 0.15) is 12.0 Å². The highest BCUT2D eigenvalue weighted by atomic mass is 32.2. The number of aromatic nitrogens is 1. The van der Waals surface area contributed by atoms with E-state index in [-0.39, 0.29) is 42.3 Å². The van der Waals surface area contributed by atoms with Crippen LogP contribution in [0, 0.1) is 11.6 Å². The fourth-order valence-corrected chi connectivity index (χ4v) is 4.96. The van der Waals surface area contributed by atoms with Crippen molar-refractivity contribution in [3.63, 3.8) is 0 Å². The van der Waals surface area contributed by atoms with Crippen LogP contribution in [0.25, 0.3) is 5.57 Å². The van der Waals surface area contributed by atoms with Gasteiger partial charge in [0.1, 0.15) is 24.0 Å². The van der Waals surface area contributed by atoms with Gasteiger partial charge in [-0.1, -0.05) is 11.2 Å². The number of nitrogens with zero attached hydrogens (tertiary/aromatic N) is 3. The SMILES string of the molecule is CN=S1(=O)CC=C(c2c(F)cc(N3C[C@H](CNc4ccon4)OC3=O)cc2F)CC1. The molecule has 0 aliphatic carbocycles. The van der Waals surface area contributed by atoms with Gasteiger partial charge in [-0.05, 0) is 24.1 Å². The van der Waals surface area contributed by atoms with Crippen molar-refractivity contribution in [3.05, 3.63) is 47.7 Å². The third-order valence-corrected chi connectivity index (χ3v) is 7.29. The third kappa shape index (κ3) is 4.02. The van der Waals surface area contributed by atoms with E-state index in [2.05, 4.69) is 14.8 Å². The molecule has 11 heteroatoms. The Hall–Kier alpha value is -2.95. The van der Waals surface area contributed by atoms with E-state index in [1.165, 1.54) is 18.2 Å². The number of allylic oxidation sites excluding steroid dienone is 1. The van der Waals surface area contributed by atoms with E-state index in [0.717, 1.165) is 12.1 Å². The Morgan fingerprint density at radius 2 is 2.13 bits per heavy atom. The number of amides is 1. The summed E-state index contributed by atoms with van der Waals surface area (Å²) in [7, 11) is -0.846. The van der Waals surface area contributed by atoms with E-state index in [4.69, 9.17) is 9.26 Å². The molecule has 1 aromatic carbocycles. The quantitative estimate of drug-likeness (QED) is 0.770. The summed E-state index contributed by atoms with van der Waals surface area (Å²) in [5.41, 5.74) is 0.373. The van der Waals surface area contributed by atoms with Crippen molar-refractivity contribution < 1.29 is 27.0 Å². The lowest BCUT2D eigenvalue weighted by molar-refractivity contribution is 0.147. The first-order valence-electron chi connectivity index (χ1n) is 9.30. The molecule has 4 rings (SSSR count). The van der Waals surface area contributed by atoms with Gasteiger partial charge < -0.3 is 14.6 Å². The molecule has 3 heterocycles. The molecule has 0 radical (unpaired) electrons. The first-order chi connectivity index (χ1) is 14.4. The summed E-state index contributed by atoms with van der Waals surface area (Å²) in [6.45, 7) is 0.400. The number of ether oxygens (including phenoxy) is 1. The number of hydrogen-bond acceptors (Lipinski definition) is 7. The van der Waals surface area contributed by atoms with Crippen molar-refractivity contribution >= 4 is 32.9 Å². The van der Waals surface area contributed by atoms with Crippen LogP contribution >= 0.6 is 0 Å². The number of hydrogen-bond donors (Lipinski definition) is 1. The maximum Gasteiger partial charge on any atom is 0.414 e. The van der Waals surface area contributed by atoms with Crippen molar-refractivity contribution in [1.29, 1.82) is 0 Å². The molecule has 0 bridgehead atoms. The van der Waals surface area contributed by atoms with Crippen molar-refractivity contribution in [2.45, 2.75) is 12.5 Å². The molecule has 2 aliphatic rings. The second-order valence-electron chi connectivity index (χ2n) is 6.97. The number of nitrogens with one attached hydrogen (secondary N) is 1. The molecule has 1 fully saturated rings. The Kier molecular flexibility index (Phi) is 5.46. The van der Waals surface area contributed by atoms with Crippen molar-refractivity contribution in [2.24, 2.45) is 4.36 Å². The summed E-state index contributed by atoms with van der Waals surface area (Å²) in [6, 6.07) is 3.85. The summed E-state index contributed by atoms with van der Waals surface area (Å²) in [5, 5.41) is 6.65. The Bertz CT molecular complexity index is 1090. The van der Waals surface area contributed by atoms with Gasteiger partial charge in [-0.3, -0.25) is 4.90 Å². The fraction of sp³-hybridized carbons (Fsp3) is 0.368. The summed E-state index contributed by atoms with van der Waals surface area (Å²) in [4.78, 5) is 13.4. The summed E-state index contributed by atoms with van der Waals surface area (Å²) in [6.07, 6.45) is 2.04. The van der Waals surface area contributed by atoms with Crippen LogP contribution in [0.5, 0.6) is 0 Å². The highest BCUT2D eigenvalue weighted by Crippen LogP contribution is 2.32. The fourth-order valence-electron chi connectivity index (χ4n) is 3.46. The van der Waals surface area contributed by atoms with Crippen LogP contribution in [-0.2, 0) is 14.5 Å². The van der Waals surface area contributed by atoms with Crippen LogP contribution in [0.3, 0.4) is 0 Å². The standard InChI is InChI=1S/C19H20F2N4O4S/c1-22-30(27)6-3-12(4-7-30)18-15(20)8-13(9-16(18)21)25-11-14(29-19(25)26)10-23-17-2-5-28-24-17/h2-3,5,8-9,14H,4,6-7,10-11H2,1H3,(H,23,24)/t14-,30?/m0/s1. The van der Waals surface area contributed by atoms with Gasteiger partial charge in [-0.25, -0.2) is 22.1 Å². The van der Waals surface area contributed by atoms with E-state index in [0.29, 0.717) is 11.4 Å². The van der Waals surface area contributed by atoms with Gasteiger partial charge in [0.25, 0.3) is 0 Å². The topological polar surface area (TPSA) is 97.0 Å². The second kappa shape index (κ2) is 8.05. The molecule has 1 aromatic heterocycles. The number of cyclic esters (lactones) is 1. The molecular weight excluding hydrogens is 418 g/mol.